The van der Waals surface area contributed by atoms with Gasteiger partial charge in [-0.2, -0.15) is 5.26 Å². The van der Waals surface area contributed by atoms with Gasteiger partial charge in [0.15, 0.2) is 0 Å². The van der Waals surface area contributed by atoms with Crippen molar-refractivity contribution in [1.82, 2.24) is 9.80 Å². The Bertz CT molecular complexity index is 607. The molecule has 0 N–H and O–H groups in total. The van der Waals surface area contributed by atoms with Crippen molar-refractivity contribution in [2.75, 3.05) is 45.9 Å². The average molecular weight is 331 g/mol. The Labute approximate surface area is 141 Å². The van der Waals surface area contributed by atoms with Crippen LogP contribution in [0.4, 0.5) is 4.39 Å². The number of hydrogen-bond donors (Lipinski definition) is 0. The molecule has 1 aliphatic rings. The average Bonchev–Trinajstić information content (AvgIpc) is 2.61. The zero-order chi connectivity index (χ0) is 17.2. The number of amides is 1. The van der Waals surface area contributed by atoms with E-state index >= 15 is 0 Å². The molecule has 0 saturated carbocycles. The molecule has 0 spiro atoms. The molecular formula is C18H22FN3O2. The second kappa shape index (κ2) is 9.81. The highest BCUT2D eigenvalue weighted by Gasteiger charge is 2.14. The third kappa shape index (κ3) is 6.11. The summed E-state index contributed by atoms with van der Waals surface area (Å²) in [5.74, 6) is -0.499. The minimum absolute atomic E-state index is 0.164. The Balaban J connectivity index is 1.92. The molecule has 1 aliphatic heterocycles. The summed E-state index contributed by atoms with van der Waals surface area (Å²) >= 11 is 0. The zero-order valence-corrected chi connectivity index (χ0v) is 13.7. The van der Waals surface area contributed by atoms with Gasteiger partial charge in [-0.05, 0) is 23.8 Å². The van der Waals surface area contributed by atoms with E-state index in [2.05, 4.69) is 11.0 Å². The van der Waals surface area contributed by atoms with E-state index in [0.29, 0.717) is 38.3 Å². The molecule has 1 saturated heterocycles. The van der Waals surface area contributed by atoms with Gasteiger partial charge in [0.05, 0.1) is 25.7 Å². The highest BCUT2D eigenvalue weighted by molar-refractivity contribution is 5.91. The molecule has 0 aliphatic carbocycles. The lowest BCUT2D eigenvalue weighted by atomic mass is 10.2. The van der Waals surface area contributed by atoms with E-state index in [1.165, 1.54) is 18.2 Å². The second-order valence-electron chi connectivity index (χ2n) is 5.58. The number of nitriles is 1. The molecule has 6 heteroatoms. The summed E-state index contributed by atoms with van der Waals surface area (Å²) in [6, 6.07) is 8.14. The first-order valence-corrected chi connectivity index (χ1v) is 8.08. The van der Waals surface area contributed by atoms with Gasteiger partial charge in [-0.25, -0.2) is 4.39 Å². The quantitative estimate of drug-likeness (QED) is 0.716. The van der Waals surface area contributed by atoms with E-state index in [1.807, 2.05) is 0 Å². The maximum absolute atomic E-state index is 13.2. The van der Waals surface area contributed by atoms with Crippen LogP contribution in [-0.4, -0.2) is 61.6 Å². The van der Waals surface area contributed by atoms with Gasteiger partial charge in [0.25, 0.3) is 0 Å². The Morgan fingerprint density at radius 3 is 2.88 bits per heavy atom. The highest BCUT2D eigenvalue weighted by atomic mass is 19.1. The van der Waals surface area contributed by atoms with Crippen LogP contribution < -0.4 is 0 Å². The number of halogens is 1. The number of benzene rings is 1. The standard InChI is InChI=1S/C18H22FN3O2/c19-17-4-1-3-16(15-17)5-6-18(23)22(8-2-7-20)10-9-21-11-13-24-14-12-21/h1,3-6,15H,2,8-14H2/b6-5+. The first-order valence-electron chi connectivity index (χ1n) is 8.08. The fourth-order valence-corrected chi connectivity index (χ4v) is 2.49. The molecule has 1 amide bonds. The largest absolute Gasteiger partial charge is 0.379 e. The van der Waals surface area contributed by atoms with Gasteiger partial charge >= 0.3 is 0 Å². The first-order chi connectivity index (χ1) is 11.7. The molecule has 128 valence electrons. The van der Waals surface area contributed by atoms with Crippen LogP contribution in [0.2, 0.25) is 0 Å². The van der Waals surface area contributed by atoms with Crippen LogP contribution >= 0.6 is 0 Å². The molecule has 24 heavy (non-hydrogen) atoms. The molecule has 1 aromatic rings. The highest BCUT2D eigenvalue weighted by Crippen LogP contribution is 2.06. The first kappa shape index (κ1) is 18.1. The summed E-state index contributed by atoms with van der Waals surface area (Å²) in [4.78, 5) is 16.3. The summed E-state index contributed by atoms with van der Waals surface area (Å²) in [5.41, 5.74) is 0.636. The van der Waals surface area contributed by atoms with E-state index in [1.54, 1.807) is 23.1 Å². The molecule has 0 unspecified atom stereocenters. The lowest BCUT2D eigenvalue weighted by molar-refractivity contribution is -0.126. The number of rotatable bonds is 7. The van der Waals surface area contributed by atoms with E-state index in [9.17, 15) is 9.18 Å². The zero-order valence-electron chi connectivity index (χ0n) is 13.7. The predicted molar refractivity (Wildman–Crippen MR) is 89.5 cm³/mol. The van der Waals surface area contributed by atoms with Crippen molar-refractivity contribution in [3.63, 3.8) is 0 Å². The van der Waals surface area contributed by atoms with Crippen molar-refractivity contribution in [2.45, 2.75) is 6.42 Å². The van der Waals surface area contributed by atoms with E-state index in [0.717, 1.165) is 19.6 Å². The van der Waals surface area contributed by atoms with Crippen LogP contribution in [0.5, 0.6) is 0 Å². The molecule has 0 bridgehead atoms. The Kier molecular flexibility index (Phi) is 7.40. The fraction of sp³-hybridized carbons (Fsp3) is 0.444. The minimum Gasteiger partial charge on any atom is -0.379 e. The third-order valence-electron chi connectivity index (χ3n) is 3.86. The van der Waals surface area contributed by atoms with Crippen LogP contribution in [0, 0.1) is 17.1 Å². The lowest BCUT2D eigenvalue weighted by Gasteiger charge is -2.29. The van der Waals surface area contributed by atoms with Gasteiger partial charge in [0.1, 0.15) is 5.82 Å². The fourth-order valence-electron chi connectivity index (χ4n) is 2.49. The number of hydrogen-bond acceptors (Lipinski definition) is 4. The maximum Gasteiger partial charge on any atom is 0.246 e. The number of nitrogens with zero attached hydrogens (tertiary/aromatic N) is 3. The number of ether oxygens (including phenoxy) is 1. The van der Waals surface area contributed by atoms with Crippen LogP contribution in [-0.2, 0) is 9.53 Å². The van der Waals surface area contributed by atoms with Gasteiger partial charge in [-0.15, -0.1) is 0 Å². The van der Waals surface area contributed by atoms with Crippen LogP contribution in [0.1, 0.15) is 12.0 Å². The van der Waals surface area contributed by atoms with Crippen molar-refractivity contribution in [2.24, 2.45) is 0 Å². The van der Waals surface area contributed by atoms with Gasteiger partial charge < -0.3 is 9.64 Å². The van der Waals surface area contributed by atoms with Gasteiger partial charge in [0, 0.05) is 38.8 Å². The van der Waals surface area contributed by atoms with Crippen molar-refractivity contribution in [3.8, 4) is 6.07 Å². The normalized spacial score (nSPS) is 15.3. The molecule has 5 nitrogen and oxygen atoms in total. The third-order valence-corrected chi connectivity index (χ3v) is 3.86. The van der Waals surface area contributed by atoms with E-state index in [4.69, 9.17) is 10.00 Å². The Morgan fingerprint density at radius 1 is 1.38 bits per heavy atom. The van der Waals surface area contributed by atoms with Crippen molar-refractivity contribution < 1.29 is 13.9 Å². The second-order valence-corrected chi connectivity index (χ2v) is 5.58. The number of carbonyl (C=O) groups excluding carboxylic acids is 1. The summed E-state index contributed by atoms with van der Waals surface area (Å²) in [6.45, 7) is 4.87. The van der Waals surface area contributed by atoms with Crippen LogP contribution in [0.25, 0.3) is 6.08 Å². The summed E-state index contributed by atoms with van der Waals surface area (Å²) in [5, 5.41) is 8.78. The van der Waals surface area contributed by atoms with Gasteiger partial charge in [0.2, 0.25) is 5.91 Å². The smallest absolute Gasteiger partial charge is 0.246 e. The molecule has 2 rings (SSSR count). The topological polar surface area (TPSA) is 56.6 Å². The predicted octanol–water partition coefficient (Wildman–Crippen LogP) is 1.91. The number of carbonyl (C=O) groups is 1. The molecule has 1 aromatic carbocycles. The lowest BCUT2D eigenvalue weighted by Crippen LogP contribution is -2.43. The molecular weight excluding hydrogens is 309 g/mol. The molecule has 0 aromatic heterocycles. The van der Waals surface area contributed by atoms with Crippen molar-refractivity contribution >= 4 is 12.0 Å². The monoisotopic (exact) mass is 331 g/mol. The Hall–Kier alpha value is -2.23. The van der Waals surface area contributed by atoms with Crippen LogP contribution in [0.15, 0.2) is 30.3 Å². The van der Waals surface area contributed by atoms with Crippen molar-refractivity contribution in [1.29, 1.82) is 5.26 Å². The molecule has 0 radical (unpaired) electrons. The van der Waals surface area contributed by atoms with Gasteiger partial charge in [-0.3, -0.25) is 9.69 Å². The maximum atomic E-state index is 13.2. The van der Waals surface area contributed by atoms with E-state index in [-0.39, 0.29) is 11.7 Å². The summed E-state index contributed by atoms with van der Waals surface area (Å²) in [6.07, 6.45) is 3.33. The SMILES string of the molecule is N#CCCN(CCN1CCOCC1)C(=O)/C=C/c1cccc(F)c1. The minimum atomic E-state index is -0.335. The molecule has 1 fully saturated rings. The van der Waals surface area contributed by atoms with Gasteiger partial charge in [-0.1, -0.05) is 12.1 Å². The summed E-state index contributed by atoms with van der Waals surface area (Å²) in [7, 11) is 0. The van der Waals surface area contributed by atoms with Crippen LogP contribution in [0.3, 0.4) is 0 Å². The summed E-state index contributed by atoms with van der Waals surface area (Å²) < 4.78 is 18.5. The van der Waals surface area contributed by atoms with Crippen molar-refractivity contribution in [3.05, 3.63) is 41.7 Å². The number of morpholine rings is 1. The molecule has 1 heterocycles. The van der Waals surface area contributed by atoms with E-state index < -0.39 is 0 Å². The molecule has 0 atom stereocenters. The Morgan fingerprint density at radius 2 is 2.17 bits per heavy atom.